The van der Waals surface area contributed by atoms with Gasteiger partial charge in [-0.3, -0.25) is 0 Å². The minimum atomic E-state index is -4.33. The average molecular weight is 366 g/mol. The Morgan fingerprint density at radius 2 is 2.05 bits per heavy atom. The standard InChI is InChI=1S/C15H19BrF3NO/c1-20(6-7-21-10-11-2-3-11)13-5-4-12(9-16)14(8-13)15(17,18)19/h4-5,8,11H,2-3,6-7,9-10H2,1H3. The van der Waals surface area contributed by atoms with Gasteiger partial charge in [0.2, 0.25) is 0 Å². The first-order valence-electron chi connectivity index (χ1n) is 6.96. The van der Waals surface area contributed by atoms with Crippen molar-refractivity contribution in [3.8, 4) is 0 Å². The first-order valence-corrected chi connectivity index (χ1v) is 8.09. The molecule has 0 radical (unpaired) electrons. The lowest BCUT2D eigenvalue weighted by Gasteiger charge is -2.21. The summed E-state index contributed by atoms with van der Waals surface area (Å²) in [7, 11) is 1.78. The van der Waals surface area contributed by atoms with Crippen molar-refractivity contribution in [1.29, 1.82) is 0 Å². The third-order valence-electron chi connectivity index (χ3n) is 3.61. The Bertz CT molecular complexity index is 474. The Hall–Kier alpha value is -0.750. The molecule has 0 spiro atoms. The highest BCUT2D eigenvalue weighted by molar-refractivity contribution is 9.08. The number of anilines is 1. The van der Waals surface area contributed by atoms with E-state index in [9.17, 15) is 13.2 Å². The van der Waals surface area contributed by atoms with Crippen molar-refractivity contribution in [2.45, 2.75) is 24.3 Å². The van der Waals surface area contributed by atoms with Crippen LogP contribution in [0.1, 0.15) is 24.0 Å². The molecule has 0 amide bonds. The minimum Gasteiger partial charge on any atom is -0.379 e. The summed E-state index contributed by atoms with van der Waals surface area (Å²) >= 11 is 3.10. The maximum absolute atomic E-state index is 13.0. The van der Waals surface area contributed by atoms with E-state index in [0.29, 0.717) is 24.8 Å². The summed E-state index contributed by atoms with van der Waals surface area (Å²) in [5.74, 6) is 0.699. The first-order chi connectivity index (χ1) is 9.91. The van der Waals surface area contributed by atoms with Gasteiger partial charge in [-0.2, -0.15) is 13.2 Å². The largest absolute Gasteiger partial charge is 0.416 e. The van der Waals surface area contributed by atoms with E-state index in [-0.39, 0.29) is 10.9 Å². The van der Waals surface area contributed by atoms with Gasteiger partial charge in [-0.15, -0.1) is 0 Å². The fourth-order valence-corrected chi connectivity index (χ4v) is 2.54. The van der Waals surface area contributed by atoms with Crippen molar-refractivity contribution in [2.75, 3.05) is 31.7 Å². The van der Waals surface area contributed by atoms with Gasteiger partial charge in [0.05, 0.1) is 12.2 Å². The number of hydrogen-bond acceptors (Lipinski definition) is 2. The van der Waals surface area contributed by atoms with Crippen LogP contribution in [0.2, 0.25) is 0 Å². The zero-order valence-electron chi connectivity index (χ0n) is 11.9. The molecular weight excluding hydrogens is 347 g/mol. The van der Waals surface area contributed by atoms with Crippen molar-refractivity contribution in [2.24, 2.45) is 5.92 Å². The summed E-state index contributed by atoms with van der Waals surface area (Å²) in [6.45, 7) is 1.89. The van der Waals surface area contributed by atoms with E-state index in [4.69, 9.17) is 4.74 Å². The lowest BCUT2D eigenvalue weighted by atomic mass is 10.1. The van der Waals surface area contributed by atoms with Crippen molar-refractivity contribution in [3.05, 3.63) is 29.3 Å². The van der Waals surface area contributed by atoms with Crippen molar-refractivity contribution < 1.29 is 17.9 Å². The molecule has 1 saturated carbocycles. The number of likely N-dealkylation sites (N-methyl/N-ethyl adjacent to an activating group) is 1. The fraction of sp³-hybridized carbons (Fsp3) is 0.600. The molecule has 0 aromatic heterocycles. The molecule has 0 atom stereocenters. The van der Waals surface area contributed by atoms with E-state index in [0.717, 1.165) is 6.61 Å². The number of rotatable bonds is 7. The van der Waals surface area contributed by atoms with Gasteiger partial charge in [0, 0.05) is 31.2 Å². The predicted octanol–water partition coefficient (Wildman–Crippen LogP) is 4.46. The molecule has 0 saturated heterocycles. The molecule has 6 heteroatoms. The maximum Gasteiger partial charge on any atom is 0.416 e. The van der Waals surface area contributed by atoms with Crippen LogP contribution in [0.4, 0.5) is 18.9 Å². The summed E-state index contributed by atoms with van der Waals surface area (Å²) in [4.78, 5) is 1.79. The van der Waals surface area contributed by atoms with Crippen molar-refractivity contribution in [3.63, 3.8) is 0 Å². The van der Waals surface area contributed by atoms with E-state index >= 15 is 0 Å². The number of alkyl halides is 4. The first kappa shape index (κ1) is 16.6. The van der Waals surface area contributed by atoms with Gasteiger partial charge in [0.25, 0.3) is 0 Å². The predicted molar refractivity (Wildman–Crippen MR) is 80.9 cm³/mol. The number of nitrogens with zero attached hydrogens (tertiary/aromatic N) is 1. The molecular formula is C15H19BrF3NO. The fourth-order valence-electron chi connectivity index (χ4n) is 2.05. The third kappa shape index (κ3) is 4.88. The number of halogens is 4. The van der Waals surface area contributed by atoms with Crippen LogP contribution in [-0.2, 0) is 16.2 Å². The molecule has 1 aliphatic rings. The molecule has 2 rings (SSSR count). The lowest BCUT2D eigenvalue weighted by Crippen LogP contribution is -2.23. The zero-order valence-corrected chi connectivity index (χ0v) is 13.5. The topological polar surface area (TPSA) is 12.5 Å². The summed E-state index contributed by atoms with van der Waals surface area (Å²) in [6, 6.07) is 4.44. The molecule has 2 nitrogen and oxygen atoms in total. The number of hydrogen-bond donors (Lipinski definition) is 0. The highest BCUT2D eigenvalue weighted by atomic mass is 79.9. The smallest absolute Gasteiger partial charge is 0.379 e. The molecule has 118 valence electrons. The molecule has 0 N–H and O–H groups in total. The van der Waals surface area contributed by atoms with Crippen LogP contribution in [-0.4, -0.2) is 26.8 Å². The second kappa shape index (κ2) is 7.01. The van der Waals surface area contributed by atoms with Gasteiger partial charge < -0.3 is 9.64 Å². The Kier molecular flexibility index (Phi) is 5.54. The summed E-state index contributed by atoms with van der Waals surface area (Å²) in [6.07, 6.45) is -1.86. The zero-order chi connectivity index (χ0) is 15.5. The summed E-state index contributed by atoms with van der Waals surface area (Å²) < 4.78 is 44.6. The second-order valence-electron chi connectivity index (χ2n) is 5.41. The van der Waals surface area contributed by atoms with Gasteiger partial charge in [0.15, 0.2) is 0 Å². The molecule has 1 fully saturated rings. The van der Waals surface area contributed by atoms with Gasteiger partial charge in [-0.25, -0.2) is 0 Å². The normalized spacial score (nSPS) is 15.3. The Morgan fingerprint density at radius 1 is 1.33 bits per heavy atom. The van der Waals surface area contributed by atoms with Crippen LogP contribution >= 0.6 is 15.9 Å². The van der Waals surface area contributed by atoms with Crippen LogP contribution in [0, 0.1) is 5.92 Å². The van der Waals surface area contributed by atoms with E-state index in [1.807, 2.05) is 0 Å². The van der Waals surface area contributed by atoms with Gasteiger partial charge in [0.1, 0.15) is 0 Å². The van der Waals surface area contributed by atoms with E-state index in [1.165, 1.54) is 25.0 Å². The van der Waals surface area contributed by atoms with Crippen LogP contribution in [0.3, 0.4) is 0 Å². The van der Waals surface area contributed by atoms with Gasteiger partial charge in [-0.05, 0) is 36.5 Å². The SMILES string of the molecule is CN(CCOCC1CC1)c1ccc(CBr)c(C(F)(F)F)c1. The molecule has 0 aliphatic heterocycles. The Labute approximate surface area is 131 Å². The van der Waals surface area contributed by atoms with E-state index in [2.05, 4.69) is 15.9 Å². The molecule has 1 aromatic carbocycles. The van der Waals surface area contributed by atoms with E-state index in [1.54, 1.807) is 18.0 Å². The number of benzene rings is 1. The molecule has 0 unspecified atom stereocenters. The molecule has 21 heavy (non-hydrogen) atoms. The maximum atomic E-state index is 13.0. The van der Waals surface area contributed by atoms with Gasteiger partial charge in [-0.1, -0.05) is 22.0 Å². The Morgan fingerprint density at radius 3 is 2.62 bits per heavy atom. The van der Waals surface area contributed by atoms with E-state index < -0.39 is 11.7 Å². The molecule has 0 bridgehead atoms. The lowest BCUT2D eigenvalue weighted by molar-refractivity contribution is -0.138. The summed E-state index contributed by atoms with van der Waals surface area (Å²) in [5, 5.41) is 0.191. The molecule has 1 aromatic rings. The molecule has 0 heterocycles. The van der Waals surface area contributed by atoms with Gasteiger partial charge >= 0.3 is 6.18 Å². The van der Waals surface area contributed by atoms with Crippen LogP contribution in [0.25, 0.3) is 0 Å². The van der Waals surface area contributed by atoms with Crippen LogP contribution in [0.5, 0.6) is 0 Å². The highest BCUT2D eigenvalue weighted by Gasteiger charge is 2.33. The minimum absolute atomic E-state index is 0.191. The third-order valence-corrected chi connectivity index (χ3v) is 4.21. The molecule has 1 aliphatic carbocycles. The van der Waals surface area contributed by atoms with Crippen molar-refractivity contribution in [1.82, 2.24) is 0 Å². The second-order valence-corrected chi connectivity index (χ2v) is 5.97. The quantitative estimate of drug-likeness (QED) is 0.522. The van der Waals surface area contributed by atoms with Crippen molar-refractivity contribution >= 4 is 21.6 Å². The van der Waals surface area contributed by atoms with Crippen LogP contribution < -0.4 is 4.90 Å². The van der Waals surface area contributed by atoms with Crippen LogP contribution in [0.15, 0.2) is 18.2 Å². The number of ether oxygens (including phenoxy) is 1. The highest BCUT2D eigenvalue weighted by Crippen LogP contribution is 2.35. The Balaban J connectivity index is 1.97. The average Bonchev–Trinajstić information content (AvgIpc) is 3.26. The monoisotopic (exact) mass is 365 g/mol. The summed E-state index contributed by atoms with van der Waals surface area (Å²) in [5.41, 5.74) is 0.231.